The van der Waals surface area contributed by atoms with Crippen LogP contribution in [-0.2, 0) is 4.79 Å². The van der Waals surface area contributed by atoms with Crippen LogP contribution in [0.15, 0.2) is 18.2 Å². The van der Waals surface area contributed by atoms with Gasteiger partial charge in [0.25, 0.3) is 0 Å². The highest BCUT2D eigenvalue weighted by atomic mass is 35.5. The number of hydrogen-bond acceptors (Lipinski definition) is 2. The van der Waals surface area contributed by atoms with Gasteiger partial charge in [-0.25, -0.2) is 0 Å². The van der Waals surface area contributed by atoms with Gasteiger partial charge in [0.15, 0.2) is 0 Å². The lowest BCUT2D eigenvalue weighted by Gasteiger charge is -2.19. The fraction of sp³-hybridized carbons (Fsp3) is 0.364. The van der Waals surface area contributed by atoms with Crippen molar-refractivity contribution in [3.63, 3.8) is 0 Å². The molecule has 0 aliphatic rings. The quantitative estimate of drug-likeness (QED) is 0.876. The number of carboxylic acid groups (broad SMARTS) is 1. The molecule has 0 aliphatic heterocycles. The van der Waals surface area contributed by atoms with Gasteiger partial charge < -0.3 is 10.8 Å². The molecule has 0 saturated carbocycles. The monoisotopic (exact) mass is 261 g/mol. The van der Waals surface area contributed by atoms with Gasteiger partial charge in [-0.05, 0) is 30.2 Å². The van der Waals surface area contributed by atoms with Crippen molar-refractivity contribution in [3.05, 3.63) is 33.8 Å². The smallest absolute Gasteiger partial charge is 0.308 e. The highest BCUT2D eigenvalue weighted by molar-refractivity contribution is 6.34. The molecule has 0 fully saturated rings. The molecular formula is C11H13Cl2NO2. The predicted molar refractivity (Wildman–Crippen MR) is 64.8 cm³/mol. The molecule has 1 rings (SSSR count). The van der Waals surface area contributed by atoms with Crippen LogP contribution in [0.4, 0.5) is 0 Å². The third kappa shape index (κ3) is 3.11. The summed E-state index contributed by atoms with van der Waals surface area (Å²) in [5.74, 6) is -1.54. The molecule has 0 heterocycles. The van der Waals surface area contributed by atoms with Crippen LogP contribution >= 0.6 is 23.2 Å². The number of rotatable bonds is 4. The second kappa shape index (κ2) is 5.53. The van der Waals surface area contributed by atoms with Crippen molar-refractivity contribution >= 4 is 29.2 Å². The molecule has 0 aromatic heterocycles. The molecule has 0 bridgehead atoms. The fourth-order valence-corrected chi connectivity index (χ4v) is 2.13. The summed E-state index contributed by atoms with van der Waals surface area (Å²) in [7, 11) is 0. The topological polar surface area (TPSA) is 63.3 Å². The summed E-state index contributed by atoms with van der Waals surface area (Å²) in [5, 5.41) is 9.91. The zero-order valence-corrected chi connectivity index (χ0v) is 10.3. The average Bonchev–Trinajstić information content (AvgIpc) is 2.16. The first-order valence-corrected chi connectivity index (χ1v) is 5.65. The van der Waals surface area contributed by atoms with E-state index in [0.717, 1.165) is 0 Å². The third-order valence-electron chi connectivity index (χ3n) is 2.46. The minimum absolute atomic E-state index is 0.457. The van der Waals surface area contributed by atoms with Crippen LogP contribution in [0.25, 0.3) is 0 Å². The van der Waals surface area contributed by atoms with Gasteiger partial charge in [-0.15, -0.1) is 0 Å². The number of nitrogens with two attached hydrogens (primary N) is 1. The molecule has 2 atom stereocenters. The average molecular weight is 262 g/mol. The molecule has 3 N–H and O–H groups in total. The molecule has 0 saturated heterocycles. The van der Waals surface area contributed by atoms with E-state index in [-0.39, 0.29) is 0 Å². The maximum atomic E-state index is 11.0. The van der Waals surface area contributed by atoms with Gasteiger partial charge in [0.2, 0.25) is 0 Å². The van der Waals surface area contributed by atoms with Crippen LogP contribution in [0.2, 0.25) is 10.0 Å². The second-order valence-electron chi connectivity index (χ2n) is 3.58. The van der Waals surface area contributed by atoms with Crippen molar-refractivity contribution in [1.29, 1.82) is 0 Å². The summed E-state index contributed by atoms with van der Waals surface area (Å²) >= 11 is 11.7. The second-order valence-corrected chi connectivity index (χ2v) is 4.45. The molecule has 3 nitrogen and oxygen atoms in total. The van der Waals surface area contributed by atoms with E-state index < -0.39 is 17.9 Å². The van der Waals surface area contributed by atoms with Crippen molar-refractivity contribution in [1.82, 2.24) is 0 Å². The van der Waals surface area contributed by atoms with E-state index in [0.29, 0.717) is 22.0 Å². The van der Waals surface area contributed by atoms with Crippen molar-refractivity contribution in [2.45, 2.75) is 19.4 Å². The number of benzene rings is 1. The fourth-order valence-electron chi connectivity index (χ4n) is 1.58. The van der Waals surface area contributed by atoms with E-state index >= 15 is 0 Å². The molecule has 2 unspecified atom stereocenters. The standard InChI is InChI=1S/C11H13Cl2NO2/c1-2-9(11(15)16)10(14)6-3-7(12)5-8(13)4-6/h3-5,9-10H,2,14H2,1H3,(H,15,16). The molecule has 1 aromatic rings. The number of aliphatic carboxylic acids is 1. The summed E-state index contributed by atoms with van der Waals surface area (Å²) < 4.78 is 0. The number of carbonyl (C=O) groups is 1. The summed E-state index contributed by atoms with van der Waals surface area (Å²) in [5.41, 5.74) is 6.54. The first-order valence-electron chi connectivity index (χ1n) is 4.90. The zero-order chi connectivity index (χ0) is 12.3. The van der Waals surface area contributed by atoms with Gasteiger partial charge in [0, 0.05) is 16.1 Å². The van der Waals surface area contributed by atoms with E-state index in [1.54, 1.807) is 25.1 Å². The van der Waals surface area contributed by atoms with Gasteiger partial charge in [-0.1, -0.05) is 30.1 Å². The Morgan fingerprint density at radius 1 is 1.38 bits per heavy atom. The van der Waals surface area contributed by atoms with Gasteiger partial charge >= 0.3 is 5.97 Å². The third-order valence-corrected chi connectivity index (χ3v) is 2.90. The van der Waals surface area contributed by atoms with Gasteiger partial charge in [0.05, 0.1) is 5.92 Å². The Balaban J connectivity index is 3.02. The Hall–Kier alpha value is -0.770. The van der Waals surface area contributed by atoms with Gasteiger partial charge in [0.1, 0.15) is 0 Å². The largest absolute Gasteiger partial charge is 0.481 e. The predicted octanol–water partition coefficient (Wildman–Crippen LogP) is 3.10. The van der Waals surface area contributed by atoms with Gasteiger partial charge in [-0.2, -0.15) is 0 Å². The van der Waals surface area contributed by atoms with Crippen LogP contribution in [-0.4, -0.2) is 11.1 Å². The van der Waals surface area contributed by atoms with E-state index in [2.05, 4.69) is 0 Å². The Kier molecular flexibility index (Phi) is 4.59. The van der Waals surface area contributed by atoms with Crippen molar-refractivity contribution in [2.24, 2.45) is 11.7 Å². The Morgan fingerprint density at radius 2 is 1.88 bits per heavy atom. The first kappa shape index (κ1) is 13.3. The molecule has 16 heavy (non-hydrogen) atoms. The van der Waals surface area contributed by atoms with Crippen LogP contribution in [0.1, 0.15) is 24.9 Å². The molecule has 88 valence electrons. The number of carboxylic acids is 1. The van der Waals surface area contributed by atoms with Gasteiger partial charge in [-0.3, -0.25) is 4.79 Å². The highest BCUT2D eigenvalue weighted by Gasteiger charge is 2.24. The Morgan fingerprint density at radius 3 is 2.25 bits per heavy atom. The summed E-state index contributed by atoms with van der Waals surface area (Å²) in [4.78, 5) is 11.0. The maximum absolute atomic E-state index is 11.0. The zero-order valence-electron chi connectivity index (χ0n) is 8.78. The minimum atomic E-state index is -0.911. The number of halogens is 2. The Labute approximate surface area is 104 Å². The molecule has 1 aromatic carbocycles. The lowest BCUT2D eigenvalue weighted by Crippen LogP contribution is -2.27. The summed E-state index contributed by atoms with van der Waals surface area (Å²) in [6, 6.07) is 4.27. The van der Waals surface area contributed by atoms with Crippen molar-refractivity contribution in [2.75, 3.05) is 0 Å². The van der Waals surface area contributed by atoms with E-state index in [1.807, 2.05) is 0 Å². The normalized spacial score (nSPS) is 14.5. The molecule has 0 amide bonds. The maximum Gasteiger partial charge on any atom is 0.308 e. The van der Waals surface area contributed by atoms with Crippen LogP contribution in [0.5, 0.6) is 0 Å². The number of hydrogen-bond donors (Lipinski definition) is 2. The van der Waals surface area contributed by atoms with E-state index in [1.165, 1.54) is 0 Å². The van der Waals surface area contributed by atoms with Crippen LogP contribution < -0.4 is 5.73 Å². The molecule has 0 aliphatic carbocycles. The molecule has 0 radical (unpaired) electrons. The Bertz CT molecular complexity index is 375. The van der Waals surface area contributed by atoms with E-state index in [9.17, 15) is 4.79 Å². The highest BCUT2D eigenvalue weighted by Crippen LogP contribution is 2.27. The molecule has 0 spiro atoms. The summed E-state index contributed by atoms with van der Waals surface area (Å²) in [6.07, 6.45) is 0.459. The van der Waals surface area contributed by atoms with Crippen LogP contribution in [0, 0.1) is 5.92 Å². The minimum Gasteiger partial charge on any atom is -0.481 e. The van der Waals surface area contributed by atoms with Crippen molar-refractivity contribution < 1.29 is 9.90 Å². The molecular weight excluding hydrogens is 249 g/mol. The van der Waals surface area contributed by atoms with Crippen LogP contribution in [0.3, 0.4) is 0 Å². The molecule has 5 heteroatoms. The van der Waals surface area contributed by atoms with E-state index in [4.69, 9.17) is 34.0 Å². The lowest BCUT2D eigenvalue weighted by molar-refractivity contribution is -0.142. The lowest BCUT2D eigenvalue weighted by atomic mass is 9.92. The van der Waals surface area contributed by atoms with Crippen molar-refractivity contribution in [3.8, 4) is 0 Å². The summed E-state index contributed by atoms with van der Waals surface area (Å²) in [6.45, 7) is 1.78. The SMILES string of the molecule is CCC(C(=O)O)C(N)c1cc(Cl)cc(Cl)c1. The first-order chi connectivity index (χ1) is 7.45.